The number of benzene rings is 1. The normalized spacial score (nSPS) is 9.14. The van der Waals surface area contributed by atoms with E-state index in [-0.39, 0.29) is 32.2 Å². The maximum atomic E-state index is 13.2. The van der Waals surface area contributed by atoms with Crippen LogP contribution in [0.3, 0.4) is 0 Å². The molecule has 0 fully saturated rings. The Morgan fingerprint density at radius 3 is 1.28 bits per heavy atom. The monoisotopic (exact) mass is 992 g/mol. The lowest BCUT2D eigenvalue weighted by Crippen LogP contribution is -2.12. The summed E-state index contributed by atoms with van der Waals surface area (Å²) in [6.07, 6.45) is 8.74. The summed E-state index contributed by atoms with van der Waals surface area (Å²) in [5.74, 6) is -0.408. The Morgan fingerprint density at radius 1 is 0.522 bits per heavy atom. The molecule has 69 heavy (non-hydrogen) atoms. The molecule has 0 atom stereocenters. The van der Waals surface area contributed by atoms with Gasteiger partial charge in [-0.3, -0.25) is 0 Å². The molecule has 0 amide bonds. The van der Waals surface area contributed by atoms with Crippen LogP contribution in [0, 0.1) is 19.7 Å². The standard InChI is InChI=1S/C10H9FN2O.C8H12O5.C8H16O3.C7H10O5.C7H14O3.C6H12O3/c1-6-3-4-8(5-9(6)11)10-12-7(2)14-13-10;1-3-7(9)12-5-4-6-13-8(10)11-2;1-3-4-5-6-7-11-8(9)10-2;1-3-6(8)11-4-5-12-7(9)10-2;1-3-4-5-6-10-7(8)9-2;1-3-4-5-9-6(7)8-2/h3-5H,1-2H3;3H,1,4-6H2,2H3;3-7H2,1-2H3;3H,1,4-5H2,2H3;3-6H2,1-2H3;3-5H2,1-2H3. The number of hydrogen-bond donors (Lipinski definition) is 0. The summed E-state index contributed by atoms with van der Waals surface area (Å²) in [5.41, 5.74) is 1.24. The average molecular weight is 993 g/mol. The van der Waals surface area contributed by atoms with Crippen molar-refractivity contribution in [3.8, 4) is 11.4 Å². The van der Waals surface area contributed by atoms with Gasteiger partial charge in [-0.25, -0.2) is 38.0 Å². The largest absolute Gasteiger partial charge is 0.508 e. The number of carbonyl (C=O) groups excluding carboxylic acids is 7. The van der Waals surface area contributed by atoms with Crippen molar-refractivity contribution in [1.82, 2.24) is 10.1 Å². The molecule has 0 bridgehead atoms. The van der Waals surface area contributed by atoms with Crippen molar-refractivity contribution in [3.05, 3.63) is 60.8 Å². The first-order valence-electron chi connectivity index (χ1n) is 21.7. The summed E-state index contributed by atoms with van der Waals surface area (Å²) >= 11 is 0. The van der Waals surface area contributed by atoms with E-state index in [2.05, 4.69) is 94.0 Å². The van der Waals surface area contributed by atoms with Gasteiger partial charge in [-0.05, 0) is 37.8 Å². The maximum Gasteiger partial charge on any atom is 0.508 e. The minimum atomic E-state index is -0.801. The molecule has 0 aliphatic rings. The van der Waals surface area contributed by atoms with E-state index < -0.39 is 42.7 Å². The van der Waals surface area contributed by atoms with Gasteiger partial charge in [0.15, 0.2) is 0 Å². The van der Waals surface area contributed by atoms with Gasteiger partial charge in [0.2, 0.25) is 11.7 Å². The van der Waals surface area contributed by atoms with Crippen LogP contribution in [-0.4, -0.2) is 135 Å². The smallest absolute Gasteiger partial charge is 0.462 e. The molecule has 22 nitrogen and oxygen atoms in total. The van der Waals surface area contributed by atoms with Crippen LogP contribution < -0.4 is 0 Å². The summed E-state index contributed by atoms with van der Waals surface area (Å²) in [7, 11) is 6.34. The molecule has 0 aliphatic carbocycles. The number of carbonyl (C=O) groups is 7. The Morgan fingerprint density at radius 2 is 0.884 bits per heavy atom. The quantitative estimate of drug-likeness (QED) is 0.0459. The Bertz CT molecular complexity index is 1690. The average Bonchev–Trinajstić information content (AvgIpc) is 3.81. The first-order chi connectivity index (χ1) is 33.0. The lowest BCUT2D eigenvalue weighted by molar-refractivity contribution is -0.139. The maximum absolute atomic E-state index is 13.2. The first kappa shape index (κ1) is 68.6. The van der Waals surface area contributed by atoms with Gasteiger partial charge in [-0.2, -0.15) is 4.98 Å². The molecule has 0 saturated carbocycles. The number of ether oxygens (including phenoxy) is 12. The van der Waals surface area contributed by atoms with E-state index in [0.29, 0.717) is 49.1 Å². The van der Waals surface area contributed by atoms with Gasteiger partial charge >= 0.3 is 42.7 Å². The summed E-state index contributed by atoms with van der Waals surface area (Å²) in [4.78, 5) is 76.6. The summed E-state index contributed by atoms with van der Waals surface area (Å²) in [5, 5.41) is 3.70. The third kappa shape index (κ3) is 48.8. The van der Waals surface area contributed by atoms with Gasteiger partial charge in [0, 0.05) is 31.1 Å². The van der Waals surface area contributed by atoms with E-state index >= 15 is 0 Å². The number of halogens is 1. The topological polar surface area (TPSA) is 269 Å². The van der Waals surface area contributed by atoms with Crippen molar-refractivity contribution in [2.24, 2.45) is 0 Å². The molecule has 394 valence electrons. The molecule has 0 N–H and O–H groups in total. The molecular formula is C46H73FN2O20. The van der Waals surface area contributed by atoms with Crippen LogP contribution in [0.4, 0.5) is 28.4 Å². The lowest BCUT2D eigenvalue weighted by atomic mass is 10.1. The van der Waals surface area contributed by atoms with Crippen LogP contribution in [-0.2, 0) is 66.4 Å². The number of nitrogens with zero attached hydrogens (tertiary/aromatic N) is 2. The van der Waals surface area contributed by atoms with Crippen LogP contribution in [0.1, 0.15) is 96.4 Å². The highest BCUT2D eigenvalue weighted by molar-refractivity contribution is 5.81. The van der Waals surface area contributed by atoms with E-state index in [1.165, 1.54) is 54.5 Å². The van der Waals surface area contributed by atoms with Crippen molar-refractivity contribution < 1.29 is 99.3 Å². The number of esters is 2. The number of rotatable bonds is 22. The fraction of sp³-hybridized carbons (Fsp3) is 0.587. The zero-order valence-electron chi connectivity index (χ0n) is 41.8. The second kappa shape index (κ2) is 50.5. The zero-order valence-corrected chi connectivity index (χ0v) is 41.8. The fourth-order valence-corrected chi connectivity index (χ4v) is 3.71. The van der Waals surface area contributed by atoms with Crippen LogP contribution in [0.5, 0.6) is 0 Å². The van der Waals surface area contributed by atoms with Crippen LogP contribution in [0.15, 0.2) is 48.0 Å². The molecule has 2 rings (SSSR count). The minimum Gasteiger partial charge on any atom is -0.462 e. The fourth-order valence-electron chi connectivity index (χ4n) is 3.71. The van der Waals surface area contributed by atoms with Crippen LogP contribution in [0.2, 0.25) is 0 Å². The van der Waals surface area contributed by atoms with Crippen molar-refractivity contribution in [3.63, 3.8) is 0 Å². The van der Waals surface area contributed by atoms with Crippen LogP contribution in [0.25, 0.3) is 11.4 Å². The first-order valence-corrected chi connectivity index (χ1v) is 21.7. The molecule has 0 radical (unpaired) electrons. The summed E-state index contributed by atoms with van der Waals surface area (Å²) in [6, 6.07) is 4.86. The molecule has 0 aliphatic heterocycles. The highest BCUT2D eigenvalue weighted by Gasteiger charge is 2.08. The lowest BCUT2D eigenvalue weighted by Gasteiger charge is -2.02. The van der Waals surface area contributed by atoms with Crippen molar-refractivity contribution in [2.45, 2.75) is 98.8 Å². The van der Waals surface area contributed by atoms with Gasteiger partial charge in [-0.1, -0.05) is 89.7 Å². The van der Waals surface area contributed by atoms with E-state index in [1.807, 2.05) is 6.92 Å². The Labute approximate surface area is 404 Å². The number of hydrogen-bond acceptors (Lipinski definition) is 22. The molecule has 1 aromatic heterocycles. The summed E-state index contributed by atoms with van der Waals surface area (Å²) < 4.78 is 71.1. The van der Waals surface area contributed by atoms with E-state index in [9.17, 15) is 38.0 Å². The van der Waals surface area contributed by atoms with Gasteiger partial charge in [0.25, 0.3) is 0 Å². The molecule has 23 heteroatoms. The predicted octanol–water partition coefficient (Wildman–Crippen LogP) is 9.76. The van der Waals surface area contributed by atoms with Gasteiger partial charge in [0.1, 0.15) is 19.0 Å². The Hall–Kier alpha value is -6.94. The second-order valence-corrected chi connectivity index (χ2v) is 12.8. The molecule has 0 unspecified atom stereocenters. The minimum absolute atomic E-state index is 0.0000463. The third-order valence-electron chi connectivity index (χ3n) is 7.33. The molecule has 0 saturated heterocycles. The molecule has 0 spiro atoms. The summed E-state index contributed by atoms with van der Waals surface area (Å²) in [6.45, 7) is 17.8. The van der Waals surface area contributed by atoms with Gasteiger partial charge < -0.3 is 61.4 Å². The number of unbranched alkanes of at least 4 members (excludes halogenated alkanes) is 6. The Kier molecular flexibility index (Phi) is 50.2. The SMILES string of the molecule is C=CC(=O)OCCCOC(=O)OC.C=CC(=O)OCCOC(=O)OC.CCCCCCOC(=O)OC.CCCCCOC(=O)OC.CCCCOC(=O)OC.Cc1nc(-c2ccc(C)c(F)c2)no1. The predicted molar refractivity (Wildman–Crippen MR) is 246 cm³/mol. The van der Waals surface area contributed by atoms with Crippen molar-refractivity contribution in [1.29, 1.82) is 0 Å². The third-order valence-corrected chi connectivity index (χ3v) is 7.33. The van der Waals surface area contributed by atoms with E-state index in [1.54, 1.807) is 26.0 Å². The second-order valence-electron chi connectivity index (χ2n) is 12.8. The Balaban J connectivity index is -0.000000370. The molecule has 1 heterocycles. The van der Waals surface area contributed by atoms with Gasteiger partial charge in [-0.15, -0.1) is 0 Å². The number of aromatic nitrogens is 2. The van der Waals surface area contributed by atoms with Crippen LogP contribution >= 0.6 is 0 Å². The highest BCUT2D eigenvalue weighted by Crippen LogP contribution is 2.18. The highest BCUT2D eigenvalue weighted by atomic mass is 19.1. The molecule has 2 aromatic rings. The number of methoxy groups -OCH3 is 5. The van der Waals surface area contributed by atoms with E-state index in [4.69, 9.17) is 4.52 Å². The molecular weight excluding hydrogens is 919 g/mol. The number of aryl methyl sites for hydroxylation is 2. The zero-order chi connectivity index (χ0) is 53.1. The van der Waals surface area contributed by atoms with Gasteiger partial charge in [0.05, 0.1) is 68.6 Å². The van der Waals surface area contributed by atoms with E-state index in [0.717, 1.165) is 57.1 Å². The van der Waals surface area contributed by atoms with Crippen molar-refractivity contribution in [2.75, 3.05) is 81.8 Å². The van der Waals surface area contributed by atoms with Crippen molar-refractivity contribution >= 4 is 42.7 Å². The molecule has 1 aromatic carbocycles.